The van der Waals surface area contributed by atoms with Crippen LogP contribution in [-0.2, 0) is 0 Å². The van der Waals surface area contributed by atoms with Crippen molar-refractivity contribution in [3.05, 3.63) is 56.9 Å². The molecule has 2 aromatic rings. The molecule has 1 aromatic carbocycles. The van der Waals surface area contributed by atoms with Crippen molar-refractivity contribution in [3.63, 3.8) is 0 Å². The van der Waals surface area contributed by atoms with Gasteiger partial charge in [0.05, 0.1) is 10.6 Å². The molecule has 0 saturated heterocycles. The van der Waals surface area contributed by atoms with Gasteiger partial charge in [0.2, 0.25) is 0 Å². The van der Waals surface area contributed by atoms with E-state index in [4.69, 9.17) is 4.74 Å². The van der Waals surface area contributed by atoms with Crippen molar-refractivity contribution in [1.82, 2.24) is 4.98 Å². The number of nitriles is 1. The summed E-state index contributed by atoms with van der Waals surface area (Å²) in [4.78, 5) is 14.6. The lowest BCUT2D eigenvalue weighted by atomic mass is 10.1. The highest BCUT2D eigenvalue weighted by Gasteiger charge is 2.14. The second-order valence-electron chi connectivity index (χ2n) is 4.64. The maximum absolute atomic E-state index is 10.8. The molecule has 6 heteroatoms. The Labute approximate surface area is 121 Å². The van der Waals surface area contributed by atoms with Gasteiger partial charge in [0, 0.05) is 23.4 Å². The molecular weight excluding hydrogens is 270 g/mol. The first-order valence-electron chi connectivity index (χ1n) is 6.23. The summed E-state index contributed by atoms with van der Waals surface area (Å²) in [7, 11) is 0. The molecule has 0 spiro atoms. The monoisotopic (exact) mass is 283 g/mol. The molecule has 21 heavy (non-hydrogen) atoms. The van der Waals surface area contributed by atoms with Gasteiger partial charge >= 0.3 is 0 Å². The predicted octanol–water partition coefficient (Wildman–Crippen LogP) is 3.58. The number of nitro groups is 1. The molecule has 6 nitrogen and oxygen atoms in total. The van der Waals surface area contributed by atoms with Crippen molar-refractivity contribution in [3.8, 4) is 17.6 Å². The van der Waals surface area contributed by atoms with E-state index in [0.29, 0.717) is 28.3 Å². The van der Waals surface area contributed by atoms with Crippen molar-refractivity contribution < 1.29 is 9.66 Å². The van der Waals surface area contributed by atoms with Crippen LogP contribution in [0, 0.1) is 42.2 Å². The summed E-state index contributed by atoms with van der Waals surface area (Å²) < 4.78 is 5.69. The van der Waals surface area contributed by atoms with Gasteiger partial charge in [-0.1, -0.05) is 0 Å². The van der Waals surface area contributed by atoms with Crippen LogP contribution in [0.4, 0.5) is 5.69 Å². The molecule has 0 aliphatic heterocycles. The SMILES string of the molecule is Cc1cc(Oc2ccc([N+](=O)[O-])c(C)c2)c(C#N)c(C)n1. The number of aromatic nitrogens is 1. The predicted molar refractivity (Wildman–Crippen MR) is 76.3 cm³/mol. The minimum Gasteiger partial charge on any atom is -0.456 e. The van der Waals surface area contributed by atoms with Crippen LogP contribution >= 0.6 is 0 Å². The first kappa shape index (κ1) is 14.5. The van der Waals surface area contributed by atoms with Gasteiger partial charge in [-0.2, -0.15) is 5.26 Å². The van der Waals surface area contributed by atoms with Gasteiger partial charge in [0.25, 0.3) is 5.69 Å². The van der Waals surface area contributed by atoms with Gasteiger partial charge in [-0.15, -0.1) is 0 Å². The van der Waals surface area contributed by atoms with E-state index >= 15 is 0 Å². The molecule has 1 heterocycles. The summed E-state index contributed by atoms with van der Waals surface area (Å²) in [5.74, 6) is 0.843. The topological polar surface area (TPSA) is 89.0 Å². The first-order valence-corrected chi connectivity index (χ1v) is 6.23. The van der Waals surface area contributed by atoms with Crippen LogP contribution in [0.5, 0.6) is 11.5 Å². The average molecular weight is 283 g/mol. The highest BCUT2D eigenvalue weighted by molar-refractivity contribution is 5.50. The van der Waals surface area contributed by atoms with Crippen molar-refractivity contribution in [2.45, 2.75) is 20.8 Å². The molecular formula is C15H13N3O3. The van der Waals surface area contributed by atoms with Crippen LogP contribution in [0.15, 0.2) is 24.3 Å². The quantitative estimate of drug-likeness (QED) is 0.634. The number of rotatable bonds is 3. The van der Waals surface area contributed by atoms with Crippen LogP contribution in [-0.4, -0.2) is 9.91 Å². The summed E-state index contributed by atoms with van der Waals surface area (Å²) in [5.41, 5.74) is 2.21. The number of nitrogens with zero attached hydrogens (tertiary/aromatic N) is 3. The lowest BCUT2D eigenvalue weighted by Gasteiger charge is -2.10. The van der Waals surface area contributed by atoms with Crippen LogP contribution in [0.25, 0.3) is 0 Å². The summed E-state index contributed by atoms with van der Waals surface area (Å²) in [6.45, 7) is 5.18. The molecule has 106 valence electrons. The molecule has 0 aliphatic carbocycles. The third-order valence-electron chi connectivity index (χ3n) is 3.00. The molecule has 0 radical (unpaired) electrons. The van der Waals surface area contributed by atoms with E-state index in [1.54, 1.807) is 26.0 Å². The lowest BCUT2D eigenvalue weighted by molar-refractivity contribution is -0.385. The Morgan fingerprint density at radius 3 is 2.57 bits per heavy atom. The van der Waals surface area contributed by atoms with E-state index in [9.17, 15) is 15.4 Å². The number of hydrogen-bond acceptors (Lipinski definition) is 5. The van der Waals surface area contributed by atoms with E-state index in [1.165, 1.54) is 12.1 Å². The number of ether oxygens (including phenoxy) is 1. The third-order valence-corrected chi connectivity index (χ3v) is 3.00. The second-order valence-corrected chi connectivity index (χ2v) is 4.64. The van der Waals surface area contributed by atoms with Crippen molar-refractivity contribution in [1.29, 1.82) is 5.26 Å². The molecule has 0 aliphatic rings. The zero-order valence-electron chi connectivity index (χ0n) is 11.9. The number of hydrogen-bond donors (Lipinski definition) is 0. The maximum atomic E-state index is 10.8. The van der Waals surface area contributed by atoms with Crippen LogP contribution in [0.1, 0.15) is 22.5 Å². The van der Waals surface area contributed by atoms with Gasteiger partial charge in [0.15, 0.2) is 0 Å². The van der Waals surface area contributed by atoms with E-state index in [1.807, 2.05) is 6.92 Å². The fourth-order valence-electron chi connectivity index (χ4n) is 2.03. The smallest absolute Gasteiger partial charge is 0.272 e. The average Bonchev–Trinajstić information content (AvgIpc) is 2.37. The Morgan fingerprint density at radius 2 is 2.00 bits per heavy atom. The largest absolute Gasteiger partial charge is 0.456 e. The second kappa shape index (κ2) is 5.59. The number of aryl methyl sites for hydroxylation is 3. The minimum absolute atomic E-state index is 0.0324. The summed E-state index contributed by atoms with van der Waals surface area (Å²) in [5, 5.41) is 20.0. The van der Waals surface area contributed by atoms with Crippen molar-refractivity contribution in [2.24, 2.45) is 0 Å². The minimum atomic E-state index is -0.444. The summed E-state index contributed by atoms with van der Waals surface area (Å²) in [6.07, 6.45) is 0. The van der Waals surface area contributed by atoms with Gasteiger partial charge in [-0.25, -0.2) is 0 Å². The summed E-state index contributed by atoms with van der Waals surface area (Å²) >= 11 is 0. The summed E-state index contributed by atoms with van der Waals surface area (Å²) in [6, 6.07) is 8.20. The Hall–Kier alpha value is -2.94. The highest BCUT2D eigenvalue weighted by atomic mass is 16.6. The molecule has 1 aromatic heterocycles. The molecule has 0 bridgehead atoms. The molecule has 0 amide bonds. The van der Waals surface area contributed by atoms with E-state index < -0.39 is 4.92 Å². The molecule has 0 saturated carbocycles. The zero-order valence-corrected chi connectivity index (χ0v) is 11.9. The Kier molecular flexibility index (Phi) is 3.85. The van der Waals surface area contributed by atoms with E-state index in [-0.39, 0.29) is 5.69 Å². The van der Waals surface area contributed by atoms with Crippen LogP contribution in [0.3, 0.4) is 0 Å². The van der Waals surface area contributed by atoms with Gasteiger partial charge in [-0.05, 0) is 32.9 Å². The van der Waals surface area contributed by atoms with Crippen molar-refractivity contribution >= 4 is 5.69 Å². The molecule has 2 rings (SSSR count). The maximum Gasteiger partial charge on any atom is 0.272 e. The van der Waals surface area contributed by atoms with Gasteiger partial charge < -0.3 is 4.74 Å². The van der Waals surface area contributed by atoms with Crippen LogP contribution in [0.2, 0.25) is 0 Å². The number of nitro benzene ring substituents is 1. The zero-order chi connectivity index (χ0) is 15.6. The fraction of sp³-hybridized carbons (Fsp3) is 0.200. The lowest BCUT2D eigenvalue weighted by Crippen LogP contribution is -1.97. The highest BCUT2D eigenvalue weighted by Crippen LogP contribution is 2.30. The Morgan fingerprint density at radius 1 is 1.29 bits per heavy atom. The molecule has 0 atom stereocenters. The Bertz CT molecular complexity index is 763. The fourth-order valence-corrected chi connectivity index (χ4v) is 2.03. The molecule has 0 unspecified atom stereocenters. The Balaban J connectivity index is 2.42. The van der Waals surface area contributed by atoms with Crippen molar-refractivity contribution in [2.75, 3.05) is 0 Å². The van der Waals surface area contributed by atoms with Gasteiger partial charge in [0.1, 0.15) is 23.1 Å². The van der Waals surface area contributed by atoms with Gasteiger partial charge in [-0.3, -0.25) is 15.1 Å². The van der Waals surface area contributed by atoms with Crippen LogP contribution < -0.4 is 4.74 Å². The first-order chi connectivity index (χ1) is 9.92. The standard InChI is InChI=1S/C15H13N3O3/c1-9-6-12(4-5-14(9)18(19)20)21-15-7-10(2)17-11(3)13(15)8-16/h4-7H,1-3H3. The molecule has 0 N–H and O–H groups in total. The molecule has 0 fully saturated rings. The third kappa shape index (κ3) is 2.98. The van der Waals surface area contributed by atoms with E-state index in [2.05, 4.69) is 11.1 Å². The normalized spacial score (nSPS) is 10.0. The van der Waals surface area contributed by atoms with E-state index in [0.717, 1.165) is 5.69 Å². The number of pyridine rings is 1. The number of benzene rings is 1.